The van der Waals surface area contributed by atoms with Crippen molar-refractivity contribution in [1.82, 2.24) is 10.3 Å². The summed E-state index contributed by atoms with van der Waals surface area (Å²) < 4.78 is 0. The molecule has 0 amide bonds. The van der Waals surface area contributed by atoms with Gasteiger partial charge in [0.05, 0.1) is 12.4 Å². The van der Waals surface area contributed by atoms with Crippen molar-refractivity contribution in [2.45, 2.75) is 25.7 Å². The Kier molecular flexibility index (Phi) is 4.84. The molecular weight excluding hydrogens is 272 g/mol. The fraction of sp³-hybridized carbons (Fsp3) is 0.267. The lowest BCUT2D eigenvalue weighted by Crippen LogP contribution is -2.44. The third-order valence-corrected chi connectivity index (χ3v) is 3.05. The van der Waals surface area contributed by atoms with Crippen LogP contribution in [0.3, 0.4) is 0 Å². The van der Waals surface area contributed by atoms with Gasteiger partial charge in [-0.05, 0) is 25.3 Å². The number of aromatic hydroxyl groups is 1. The highest BCUT2D eigenvalue weighted by molar-refractivity contribution is 5.69. The summed E-state index contributed by atoms with van der Waals surface area (Å²) in [5, 5.41) is 22.1. The molecule has 1 aromatic rings. The number of phenolic OH excluding ortho intramolecular Hbond substituents is 1. The summed E-state index contributed by atoms with van der Waals surface area (Å²) in [6.45, 7) is 3.62. The summed E-state index contributed by atoms with van der Waals surface area (Å²) in [4.78, 5) is 16.7. The molecule has 0 aliphatic carbocycles. The molecule has 0 saturated heterocycles. The third-order valence-electron chi connectivity index (χ3n) is 3.05. The van der Waals surface area contributed by atoms with Gasteiger partial charge in [-0.15, -0.1) is 11.8 Å². The number of rotatable bonds is 6. The van der Waals surface area contributed by atoms with Crippen molar-refractivity contribution in [3.63, 3.8) is 0 Å². The van der Waals surface area contributed by atoms with E-state index in [1.54, 1.807) is 18.2 Å². The standard InChI is InChI=1S/C15H18N2O4/c1-2-3-4-5-9-15(19)21-17-10-12-7-6-8-14(18)13(12)11-16(17)20/h2,6-8,10-11,18,20H,1,3-5,9H2. The highest BCUT2D eigenvalue weighted by atomic mass is 16.8. The highest BCUT2D eigenvalue weighted by Gasteiger charge is 2.16. The first-order valence-electron chi connectivity index (χ1n) is 6.72. The fourth-order valence-corrected chi connectivity index (χ4v) is 1.95. The molecule has 1 heterocycles. The number of phenols is 1. The Labute approximate surface area is 122 Å². The van der Waals surface area contributed by atoms with Gasteiger partial charge in [-0.25, -0.2) is 4.79 Å². The fourth-order valence-electron chi connectivity index (χ4n) is 1.95. The van der Waals surface area contributed by atoms with Crippen LogP contribution in [0.2, 0.25) is 0 Å². The molecule has 21 heavy (non-hydrogen) atoms. The molecule has 6 heteroatoms. The lowest BCUT2D eigenvalue weighted by atomic mass is 10.2. The molecule has 6 nitrogen and oxygen atoms in total. The van der Waals surface area contributed by atoms with Crippen molar-refractivity contribution in [2.24, 2.45) is 0 Å². The van der Waals surface area contributed by atoms with E-state index in [-0.39, 0.29) is 12.2 Å². The number of benzene rings is 1. The zero-order chi connectivity index (χ0) is 15.2. The Hall–Kier alpha value is -2.47. The average Bonchev–Trinajstić information content (AvgIpc) is 2.46. The predicted molar refractivity (Wildman–Crippen MR) is 76.5 cm³/mol. The van der Waals surface area contributed by atoms with Crippen molar-refractivity contribution < 1.29 is 19.9 Å². The van der Waals surface area contributed by atoms with E-state index in [4.69, 9.17) is 4.84 Å². The van der Waals surface area contributed by atoms with Crippen molar-refractivity contribution in [3.05, 3.63) is 41.3 Å². The third kappa shape index (κ3) is 3.76. The molecule has 112 valence electrons. The molecule has 1 aliphatic heterocycles. The SMILES string of the molecule is C=CCCCCC(=O)ON1C=c2cccc(O)c2=CN1O. The Morgan fingerprint density at radius 1 is 1.33 bits per heavy atom. The zero-order valence-electron chi connectivity index (χ0n) is 11.6. The van der Waals surface area contributed by atoms with Gasteiger partial charge < -0.3 is 9.94 Å². The summed E-state index contributed by atoms with van der Waals surface area (Å²) in [5.41, 5.74) is 0. The Morgan fingerprint density at radius 2 is 2.14 bits per heavy atom. The first kappa shape index (κ1) is 14.9. The highest BCUT2D eigenvalue weighted by Crippen LogP contribution is 2.08. The van der Waals surface area contributed by atoms with Crippen molar-refractivity contribution in [2.75, 3.05) is 0 Å². The Bertz CT molecular complexity index is 642. The molecule has 0 spiro atoms. The monoisotopic (exact) mass is 290 g/mol. The average molecular weight is 290 g/mol. The number of fused-ring (bicyclic) bond motifs is 1. The number of hydrogen-bond donors (Lipinski definition) is 2. The van der Waals surface area contributed by atoms with Crippen LogP contribution >= 0.6 is 0 Å². The number of allylic oxidation sites excluding steroid dienone is 1. The van der Waals surface area contributed by atoms with Crippen molar-refractivity contribution in [3.8, 4) is 5.75 Å². The van der Waals surface area contributed by atoms with E-state index in [9.17, 15) is 15.1 Å². The Morgan fingerprint density at radius 3 is 2.90 bits per heavy atom. The van der Waals surface area contributed by atoms with Crippen molar-refractivity contribution in [1.29, 1.82) is 0 Å². The number of carbonyl (C=O) groups excluding carboxylic acids is 1. The van der Waals surface area contributed by atoms with Crippen LogP contribution in [0.5, 0.6) is 5.75 Å². The van der Waals surface area contributed by atoms with E-state index < -0.39 is 5.97 Å². The lowest BCUT2D eigenvalue weighted by molar-refractivity contribution is -0.299. The number of nitrogens with zero attached hydrogens (tertiary/aromatic N) is 2. The zero-order valence-corrected chi connectivity index (χ0v) is 11.6. The van der Waals surface area contributed by atoms with Gasteiger partial charge in [0, 0.05) is 16.9 Å². The van der Waals surface area contributed by atoms with Crippen LogP contribution in [-0.2, 0) is 9.63 Å². The number of hydrazine groups is 1. The van der Waals surface area contributed by atoms with Crippen LogP contribution < -0.4 is 10.4 Å². The summed E-state index contributed by atoms with van der Waals surface area (Å²) in [6.07, 6.45) is 7.19. The Balaban J connectivity index is 2.02. The minimum Gasteiger partial charge on any atom is -0.507 e. The maximum absolute atomic E-state index is 11.7. The molecular formula is C15H18N2O4. The van der Waals surface area contributed by atoms with Gasteiger partial charge >= 0.3 is 5.97 Å². The number of hydroxylamine groups is 2. The second kappa shape index (κ2) is 6.81. The van der Waals surface area contributed by atoms with E-state index in [0.717, 1.165) is 18.0 Å². The van der Waals surface area contributed by atoms with Crippen LogP contribution in [0.25, 0.3) is 12.4 Å². The smallest absolute Gasteiger partial charge is 0.334 e. The van der Waals surface area contributed by atoms with Gasteiger partial charge in [-0.1, -0.05) is 23.4 Å². The molecule has 0 aromatic heterocycles. The van der Waals surface area contributed by atoms with Crippen LogP contribution in [0, 0.1) is 0 Å². The second-order valence-electron chi connectivity index (χ2n) is 4.66. The minimum atomic E-state index is -0.439. The predicted octanol–water partition coefficient (Wildman–Crippen LogP) is 0.995. The van der Waals surface area contributed by atoms with E-state index in [2.05, 4.69) is 6.58 Å². The van der Waals surface area contributed by atoms with Gasteiger partial charge in [0.25, 0.3) is 0 Å². The van der Waals surface area contributed by atoms with Gasteiger partial charge in [-0.3, -0.25) is 5.21 Å². The van der Waals surface area contributed by atoms with Crippen LogP contribution in [0.15, 0.2) is 30.9 Å². The molecule has 0 bridgehead atoms. The molecule has 0 atom stereocenters. The first-order valence-corrected chi connectivity index (χ1v) is 6.72. The van der Waals surface area contributed by atoms with Gasteiger partial charge in [0.15, 0.2) is 0 Å². The van der Waals surface area contributed by atoms with E-state index in [0.29, 0.717) is 22.0 Å². The van der Waals surface area contributed by atoms with Crippen molar-refractivity contribution >= 4 is 18.4 Å². The quantitative estimate of drug-likeness (QED) is 0.601. The molecule has 2 N–H and O–H groups in total. The lowest BCUT2D eigenvalue weighted by Gasteiger charge is -2.27. The normalized spacial score (nSPS) is 13.0. The van der Waals surface area contributed by atoms with Gasteiger partial charge in [0.1, 0.15) is 5.75 Å². The first-order chi connectivity index (χ1) is 10.1. The molecule has 0 radical (unpaired) electrons. The van der Waals surface area contributed by atoms with Gasteiger partial charge in [-0.2, -0.15) is 0 Å². The summed E-state index contributed by atoms with van der Waals surface area (Å²) in [7, 11) is 0. The molecule has 1 aliphatic rings. The summed E-state index contributed by atoms with van der Waals surface area (Å²) in [6, 6.07) is 4.92. The summed E-state index contributed by atoms with van der Waals surface area (Å²) in [5.74, 6) is -0.399. The maximum Gasteiger partial charge on any atom is 0.334 e. The van der Waals surface area contributed by atoms with E-state index in [1.807, 2.05) is 0 Å². The number of hydrogen-bond acceptors (Lipinski definition) is 6. The number of carbonyl (C=O) groups is 1. The molecule has 1 aromatic carbocycles. The molecule has 0 unspecified atom stereocenters. The van der Waals surface area contributed by atoms with Crippen LogP contribution in [0.4, 0.5) is 0 Å². The van der Waals surface area contributed by atoms with E-state index in [1.165, 1.54) is 18.5 Å². The van der Waals surface area contributed by atoms with E-state index >= 15 is 0 Å². The molecule has 2 rings (SSSR count). The minimum absolute atomic E-state index is 0.0400. The molecule has 0 fully saturated rings. The van der Waals surface area contributed by atoms with Gasteiger partial charge in [0.2, 0.25) is 0 Å². The van der Waals surface area contributed by atoms with Crippen LogP contribution in [-0.4, -0.2) is 26.6 Å². The van der Waals surface area contributed by atoms with Crippen LogP contribution in [0.1, 0.15) is 25.7 Å². The number of unbranched alkanes of at least 4 members (excludes halogenated alkanes) is 2. The topological polar surface area (TPSA) is 73.2 Å². The summed E-state index contributed by atoms with van der Waals surface area (Å²) >= 11 is 0. The molecule has 0 saturated carbocycles. The maximum atomic E-state index is 11.7. The largest absolute Gasteiger partial charge is 0.507 e. The second-order valence-corrected chi connectivity index (χ2v) is 4.66.